The number of ketones is 1. The SMILES string of the molecule is CC(CC(=O)Cc1sc2c(c1C#N)CCC(COC(=O)NCc1ccno1)C2)c1ccccc1. The van der Waals surface area contributed by atoms with Gasteiger partial charge < -0.3 is 14.6 Å². The van der Waals surface area contributed by atoms with Gasteiger partial charge in [-0.2, -0.15) is 5.26 Å². The molecule has 7 nitrogen and oxygen atoms in total. The van der Waals surface area contributed by atoms with Crippen molar-refractivity contribution in [3.05, 3.63) is 74.8 Å². The van der Waals surface area contributed by atoms with Crippen molar-refractivity contribution in [2.45, 2.75) is 51.5 Å². The van der Waals surface area contributed by atoms with Gasteiger partial charge in [-0.05, 0) is 42.2 Å². The van der Waals surface area contributed by atoms with Crippen molar-refractivity contribution in [2.24, 2.45) is 5.92 Å². The summed E-state index contributed by atoms with van der Waals surface area (Å²) in [5, 5.41) is 16.0. The molecule has 0 bridgehead atoms. The van der Waals surface area contributed by atoms with Crippen LogP contribution >= 0.6 is 11.3 Å². The zero-order valence-corrected chi connectivity index (χ0v) is 19.9. The lowest BCUT2D eigenvalue weighted by Crippen LogP contribution is -2.27. The highest BCUT2D eigenvalue weighted by Crippen LogP contribution is 2.37. The van der Waals surface area contributed by atoms with Gasteiger partial charge in [0.1, 0.15) is 11.9 Å². The Kier molecular flexibility index (Phi) is 7.76. The van der Waals surface area contributed by atoms with Gasteiger partial charge in [-0.25, -0.2) is 4.79 Å². The second kappa shape index (κ2) is 11.1. The molecule has 2 heterocycles. The van der Waals surface area contributed by atoms with Gasteiger partial charge in [0, 0.05) is 28.7 Å². The van der Waals surface area contributed by atoms with Crippen LogP contribution in [0.2, 0.25) is 0 Å². The number of Topliss-reactive ketones (excluding diaryl/α,β-unsaturated/α-hetero) is 1. The highest BCUT2D eigenvalue weighted by Gasteiger charge is 2.27. The molecule has 4 rings (SSSR count). The predicted octanol–water partition coefficient (Wildman–Crippen LogP) is 4.94. The van der Waals surface area contributed by atoms with Gasteiger partial charge >= 0.3 is 6.09 Å². The molecule has 0 aliphatic heterocycles. The Morgan fingerprint density at radius 1 is 1.32 bits per heavy atom. The first-order chi connectivity index (χ1) is 16.5. The molecule has 0 saturated carbocycles. The van der Waals surface area contributed by atoms with E-state index in [0.29, 0.717) is 30.8 Å². The molecule has 2 unspecified atom stereocenters. The van der Waals surface area contributed by atoms with Crippen LogP contribution in [-0.4, -0.2) is 23.6 Å². The van der Waals surface area contributed by atoms with Crippen LogP contribution in [0.25, 0.3) is 0 Å². The summed E-state index contributed by atoms with van der Waals surface area (Å²) in [6, 6.07) is 14.0. The third-order valence-electron chi connectivity index (χ3n) is 6.16. The van der Waals surface area contributed by atoms with Gasteiger partial charge in [0.05, 0.1) is 24.9 Å². The number of fused-ring (bicyclic) bond motifs is 1. The summed E-state index contributed by atoms with van der Waals surface area (Å²) in [5.41, 5.74) is 2.89. The number of nitrogens with zero attached hydrogens (tertiary/aromatic N) is 2. The van der Waals surface area contributed by atoms with Crippen LogP contribution < -0.4 is 5.32 Å². The largest absolute Gasteiger partial charge is 0.449 e. The summed E-state index contributed by atoms with van der Waals surface area (Å²) < 4.78 is 10.3. The maximum atomic E-state index is 12.8. The Hall–Kier alpha value is -3.44. The van der Waals surface area contributed by atoms with Gasteiger partial charge in [0.25, 0.3) is 0 Å². The number of hydrogen-bond donors (Lipinski definition) is 1. The first-order valence-electron chi connectivity index (χ1n) is 11.4. The Balaban J connectivity index is 1.31. The van der Waals surface area contributed by atoms with Gasteiger partial charge in [0.15, 0.2) is 5.76 Å². The molecule has 0 saturated heterocycles. The first-order valence-corrected chi connectivity index (χ1v) is 12.3. The zero-order chi connectivity index (χ0) is 23.9. The van der Waals surface area contributed by atoms with E-state index in [9.17, 15) is 14.9 Å². The number of alkyl carbamates (subject to hydrolysis) is 1. The van der Waals surface area contributed by atoms with E-state index >= 15 is 0 Å². The van der Waals surface area contributed by atoms with Crippen molar-refractivity contribution in [1.82, 2.24) is 10.5 Å². The molecule has 1 N–H and O–H groups in total. The summed E-state index contributed by atoms with van der Waals surface area (Å²) in [7, 11) is 0. The lowest BCUT2D eigenvalue weighted by Gasteiger charge is -2.21. The fraction of sp³-hybridized carbons (Fsp3) is 0.385. The fourth-order valence-electron chi connectivity index (χ4n) is 4.34. The molecule has 2 atom stereocenters. The minimum Gasteiger partial charge on any atom is -0.449 e. The quantitative estimate of drug-likeness (QED) is 0.468. The summed E-state index contributed by atoms with van der Waals surface area (Å²) >= 11 is 1.57. The normalized spacial score (nSPS) is 15.7. The predicted molar refractivity (Wildman–Crippen MR) is 127 cm³/mol. The van der Waals surface area contributed by atoms with E-state index in [2.05, 4.69) is 23.5 Å². The maximum absolute atomic E-state index is 12.8. The highest BCUT2D eigenvalue weighted by molar-refractivity contribution is 7.12. The number of nitriles is 1. The van der Waals surface area contributed by atoms with Gasteiger partial charge in [-0.1, -0.05) is 42.4 Å². The third kappa shape index (κ3) is 5.91. The Bertz CT molecular complexity index is 1160. The number of ether oxygens (including phenoxy) is 1. The van der Waals surface area contributed by atoms with Crippen LogP contribution in [0.15, 0.2) is 47.1 Å². The molecule has 0 spiro atoms. The van der Waals surface area contributed by atoms with Crippen LogP contribution in [0.3, 0.4) is 0 Å². The van der Waals surface area contributed by atoms with E-state index in [0.717, 1.165) is 40.1 Å². The van der Waals surface area contributed by atoms with E-state index in [1.54, 1.807) is 17.4 Å². The second-order valence-corrected chi connectivity index (χ2v) is 9.87. The molecule has 8 heteroatoms. The highest BCUT2D eigenvalue weighted by atomic mass is 32.1. The molecule has 1 aliphatic rings. The van der Waals surface area contributed by atoms with Gasteiger partial charge in [-0.15, -0.1) is 11.3 Å². The van der Waals surface area contributed by atoms with Crippen LogP contribution in [0.5, 0.6) is 0 Å². The number of thiophene rings is 1. The smallest absolute Gasteiger partial charge is 0.407 e. The van der Waals surface area contributed by atoms with Gasteiger partial charge in [0.2, 0.25) is 0 Å². The summed E-state index contributed by atoms with van der Waals surface area (Å²) in [6.07, 6.45) is 4.12. The van der Waals surface area contributed by atoms with Crippen LogP contribution in [0.1, 0.15) is 57.9 Å². The van der Waals surface area contributed by atoms with E-state index in [4.69, 9.17) is 9.26 Å². The van der Waals surface area contributed by atoms with E-state index < -0.39 is 6.09 Å². The zero-order valence-electron chi connectivity index (χ0n) is 19.1. The molecule has 0 radical (unpaired) electrons. The topological polar surface area (TPSA) is 105 Å². The number of carbonyl (C=O) groups is 2. The third-order valence-corrected chi connectivity index (χ3v) is 7.41. The first kappa shape index (κ1) is 23.7. The van der Waals surface area contributed by atoms with E-state index in [-0.39, 0.29) is 24.2 Å². The van der Waals surface area contributed by atoms with Crippen LogP contribution in [0.4, 0.5) is 4.79 Å². The molecule has 3 aromatic rings. The molecule has 0 fully saturated rings. The molecule has 1 amide bonds. The van der Waals surface area contributed by atoms with Crippen LogP contribution in [-0.2, 0) is 35.3 Å². The minimum atomic E-state index is -0.495. The Morgan fingerprint density at radius 2 is 2.15 bits per heavy atom. The minimum absolute atomic E-state index is 0.144. The second-order valence-electron chi connectivity index (χ2n) is 8.68. The van der Waals surface area contributed by atoms with Gasteiger partial charge in [-0.3, -0.25) is 4.79 Å². The average molecular weight is 478 g/mol. The fourth-order valence-corrected chi connectivity index (χ4v) is 5.78. The molecule has 34 heavy (non-hydrogen) atoms. The Labute approximate surface area is 202 Å². The molecular weight excluding hydrogens is 450 g/mol. The number of nitrogens with one attached hydrogen (secondary N) is 1. The van der Waals surface area contributed by atoms with Crippen molar-refractivity contribution < 1.29 is 18.8 Å². The molecule has 1 aromatic carbocycles. The summed E-state index contributed by atoms with van der Waals surface area (Å²) in [4.78, 5) is 26.8. The lowest BCUT2D eigenvalue weighted by molar-refractivity contribution is -0.118. The molecule has 1 aliphatic carbocycles. The lowest BCUT2D eigenvalue weighted by atomic mass is 9.87. The van der Waals surface area contributed by atoms with E-state index in [1.165, 1.54) is 6.20 Å². The van der Waals surface area contributed by atoms with Crippen molar-refractivity contribution in [1.29, 1.82) is 5.26 Å². The van der Waals surface area contributed by atoms with Crippen molar-refractivity contribution >= 4 is 23.2 Å². The number of amides is 1. The van der Waals surface area contributed by atoms with Crippen molar-refractivity contribution in [2.75, 3.05) is 6.61 Å². The number of hydrogen-bond acceptors (Lipinski definition) is 7. The van der Waals surface area contributed by atoms with Crippen molar-refractivity contribution in [3.63, 3.8) is 0 Å². The van der Waals surface area contributed by atoms with Crippen LogP contribution in [0, 0.1) is 17.2 Å². The maximum Gasteiger partial charge on any atom is 0.407 e. The monoisotopic (exact) mass is 477 g/mol. The van der Waals surface area contributed by atoms with Crippen molar-refractivity contribution in [3.8, 4) is 6.07 Å². The summed E-state index contributed by atoms with van der Waals surface area (Å²) in [5.74, 6) is 1.04. The molecular formula is C26H27N3O4S. The Morgan fingerprint density at radius 3 is 2.88 bits per heavy atom. The standard InChI is InChI=1S/C26H27N3O4S/c1-17(19-5-3-2-4-6-19)11-20(30)13-25-23(14-27)22-8-7-18(12-24(22)34-25)16-32-26(31)28-15-21-9-10-29-33-21/h2-6,9-10,17-18H,7-8,11-13,15-16H2,1H3,(H,28,31). The number of rotatable bonds is 9. The average Bonchev–Trinajstić information content (AvgIpc) is 3.48. The molecule has 176 valence electrons. The number of aromatic nitrogens is 1. The summed E-state index contributed by atoms with van der Waals surface area (Å²) in [6.45, 7) is 2.60. The number of carbonyl (C=O) groups excluding carboxylic acids is 2. The molecule has 2 aromatic heterocycles. The van der Waals surface area contributed by atoms with E-state index in [1.807, 2.05) is 30.3 Å². The number of benzene rings is 1.